The molecule has 0 amide bonds. The fourth-order valence-corrected chi connectivity index (χ4v) is 9.03. The van der Waals surface area contributed by atoms with Crippen LogP contribution in [0.15, 0.2) is 12.2 Å². The fourth-order valence-electron chi connectivity index (χ4n) is 9.03. The minimum absolute atomic E-state index is 0.0662. The third kappa shape index (κ3) is 53.1. The molecular weight excluding hydrogens is 817 g/mol. The van der Waals surface area contributed by atoms with Gasteiger partial charge in [-0.25, -0.2) is 0 Å². The third-order valence-electron chi connectivity index (χ3n) is 13.5. The lowest BCUT2D eigenvalue weighted by Crippen LogP contribution is -2.30. The molecule has 6 heteroatoms. The second kappa shape index (κ2) is 55.7. The first-order valence-corrected chi connectivity index (χ1v) is 29.7. The maximum Gasteiger partial charge on any atom is 0.306 e. The maximum atomic E-state index is 12.8. The predicted molar refractivity (Wildman–Crippen MR) is 284 cm³/mol. The van der Waals surface area contributed by atoms with E-state index in [1.165, 1.54) is 238 Å². The van der Waals surface area contributed by atoms with Crippen LogP contribution in [0.25, 0.3) is 0 Å². The van der Waals surface area contributed by atoms with Gasteiger partial charge in [-0.2, -0.15) is 0 Å². The first kappa shape index (κ1) is 64.2. The van der Waals surface area contributed by atoms with Gasteiger partial charge in [-0.3, -0.25) is 14.4 Å². The molecule has 66 heavy (non-hydrogen) atoms. The third-order valence-corrected chi connectivity index (χ3v) is 13.5. The minimum Gasteiger partial charge on any atom is -0.462 e. The highest BCUT2D eigenvalue weighted by Crippen LogP contribution is 2.17. The molecule has 0 fully saturated rings. The van der Waals surface area contributed by atoms with E-state index in [1.54, 1.807) is 0 Å². The van der Waals surface area contributed by atoms with Crippen LogP contribution in [-0.2, 0) is 28.6 Å². The Balaban J connectivity index is 4.08. The molecule has 390 valence electrons. The molecule has 1 unspecified atom stereocenters. The highest BCUT2D eigenvalue weighted by atomic mass is 16.6. The molecule has 0 aromatic rings. The lowest BCUT2D eigenvalue weighted by molar-refractivity contribution is -0.167. The van der Waals surface area contributed by atoms with E-state index in [-0.39, 0.29) is 31.1 Å². The number of esters is 3. The van der Waals surface area contributed by atoms with Gasteiger partial charge in [0.1, 0.15) is 13.2 Å². The van der Waals surface area contributed by atoms with Gasteiger partial charge in [-0.05, 0) is 44.9 Å². The number of allylic oxidation sites excluding steroid dienone is 2. The van der Waals surface area contributed by atoms with Gasteiger partial charge in [0.25, 0.3) is 0 Å². The van der Waals surface area contributed by atoms with E-state index in [9.17, 15) is 14.4 Å². The van der Waals surface area contributed by atoms with E-state index in [0.717, 1.165) is 57.8 Å². The Labute approximate surface area is 411 Å². The molecule has 0 rings (SSSR count). The molecule has 0 aliphatic carbocycles. The SMILES string of the molecule is CCCCCCCCCC/C=C\CCCCCCCCCCCC(=O)OCC(COC(=O)CCCCCCCC)OC(=O)CCCCCCCCCCCCCCCCCCCCCCC. The summed E-state index contributed by atoms with van der Waals surface area (Å²) in [6.07, 6.45) is 63.9. The lowest BCUT2D eigenvalue weighted by Gasteiger charge is -2.18. The zero-order chi connectivity index (χ0) is 47.9. The van der Waals surface area contributed by atoms with Crippen molar-refractivity contribution in [1.82, 2.24) is 0 Å². The summed E-state index contributed by atoms with van der Waals surface area (Å²) >= 11 is 0. The van der Waals surface area contributed by atoms with E-state index in [4.69, 9.17) is 14.2 Å². The van der Waals surface area contributed by atoms with Crippen LogP contribution in [0.3, 0.4) is 0 Å². The van der Waals surface area contributed by atoms with Crippen LogP contribution in [-0.4, -0.2) is 37.2 Å². The van der Waals surface area contributed by atoms with Crippen molar-refractivity contribution in [2.75, 3.05) is 13.2 Å². The Hall–Kier alpha value is -1.85. The van der Waals surface area contributed by atoms with Crippen LogP contribution in [0.5, 0.6) is 0 Å². The summed E-state index contributed by atoms with van der Waals surface area (Å²) in [4.78, 5) is 37.9. The second-order valence-electron chi connectivity index (χ2n) is 20.3. The molecule has 0 radical (unpaired) electrons. The van der Waals surface area contributed by atoms with Crippen molar-refractivity contribution in [3.63, 3.8) is 0 Å². The fraction of sp³-hybridized carbons (Fsp3) is 0.917. The summed E-state index contributed by atoms with van der Waals surface area (Å²) in [6.45, 7) is 6.64. The molecule has 1 atom stereocenters. The molecule has 0 aliphatic rings. The quantitative estimate of drug-likeness (QED) is 0.0262. The Bertz CT molecular complexity index is 1020. The number of hydrogen-bond donors (Lipinski definition) is 0. The zero-order valence-corrected chi connectivity index (χ0v) is 44.7. The zero-order valence-electron chi connectivity index (χ0n) is 44.7. The molecule has 0 N–H and O–H groups in total. The smallest absolute Gasteiger partial charge is 0.306 e. The van der Waals surface area contributed by atoms with E-state index >= 15 is 0 Å². The highest BCUT2D eigenvalue weighted by Gasteiger charge is 2.19. The summed E-state index contributed by atoms with van der Waals surface area (Å²) in [6, 6.07) is 0. The Kier molecular flexibility index (Phi) is 54.2. The first-order chi connectivity index (χ1) is 32.5. The number of carbonyl (C=O) groups excluding carboxylic acids is 3. The van der Waals surface area contributed by atoms with Crippen molar-refractivity contribution in [1.29, 1.82) is 0 Å². The van der Waals surface area contributed by atoms with Crippen LogP contribution >= 0.6 is 0 Å². The van der Waals surface area contributed by atoms with Gasteiger partial charge < -0.3 is 14.2 Å². The molecular formula is C60H114O6. The molecule has 0 aromatic heterocycles. The van der Waals surface area contributed by atoms with Crippen LogP contribution in [0.4, 0.5) is 0 Å². The van der Waals surface area contributed by atoms with E-state index < -0.39 is 6.10 Å². The van der Waals surface area contributed by atoms with Crippen molar-refractivity contribution in [2.24, 2.45) is 0 Å². The lowest BCUT2D eigenvalue weighted by atomic mass is 10.0. The summed E-state index contributed by atoms with van der Waals surface area (Å²) in [7, 11) is 0. The molecule has 0 spiro atoms. The van der Waals surface area contributed by atoms with Crippen LogP contribution in [0.1, 0.15) is 335 Å². The van der Waals surface area contributed by atoms with Gasteiger partial charge >= 0.3 is 17.9 Å². The van der Waals surface area contributed by atoms with E-state index in [1.807, 2.05) is 0 Å². The standard InChI is InChI=1S/C60H114O6/c1-4-7-10-13-16-18-20-22-24-26-28-30-32-34-36-38-40-42-44-47-50-53-59(62)65-56-57(55-64-58(61)52-49-46-15-12-9-6-3)66-60(63)54-51-48-45-43-41-39-37-35-33-31-29-27-25-23-21-19-17-14-11-8-5-2/h26,28,57H,4-25,27,29-56H2,1-3H3/b28-26-. The van der Waals surface area contributed by atoms with Crippen molar-refractivity contribution < 1.29 is 28.6 Å². The monoisotopic (exact) mass is 931 g/mol. The van der Waals surface area contributed by atoms with Crippen molar-refractivity contribution in [3.8, 4) is 0 Å². The van der Waals surface area contributed by atoms with E-state index in [0.29, 0.717) is 19.3 Å². The molecule has 0 saturated heterocycles. The molecule has 0 aliphatic heterocycles. The van der Waals surface area contributed by atoms with Crippen molar-refractivity contribution >= 4 is 17.9 Å². The first-order valence-electron chi connectivity index (χ1n) is 29.7. The average Bonchev–Trinajstić information content (AvgIpc) is 3.31. The minimum atomic E-state index is -0.763. The average molecular weight is 932 g/mol. The van der Waals surface area contributed by atoms with Gasteiger partial charge in [-0.15, -0.1) is 0 Å². The summed E-state index contributed by atoms with van der Waals surface area (Å²) < 4.78 is 16.8. The van der Waals surface area contributed by atoms with Crippen LogP contribution in [0.2, 0.25) is 0 Å². The largest absolute Gasteiger partial charge is 0.462 e. The number of rotatable bonds is 55. The molecule has 6 nitrogen and oxygen atoms in total. The van der Waals surface area contributed by atoms with Gasteiger partial charge in [-0.1, -0.05) is 283 Å². The Morgan fingerprint density at radius 3 is 0.758 bits per heavy atom. The van der Waals surface area contributed by atoms with Gasteiger partial charge in [0.15, 0.2) is 6.10 Å². The Morgan fingerprint density at radius 1 is 0.288 bits per heavy atom. The molecule has 0 saturated carbocycles. The predicted octanol–water partition coefficient (Wildman–Crippen LogP) is 19.7. The molecule has 0 heterocycles. The number of hydrogen-bond acceptors (Lipinski definition) is 6. The normalized spacial score (nSPS) is 12.0. The number of ether oxygens (including phenoxy) is 3. The molecule has 0 bridgehead atoms. The van der Waals surface area contributed by atoms with Gasteiger partial charge in [0.05, 0.1) is 0 Å². The van der Waals surface area contributed by atoms with Crippen molar-refractivity contribution in [3.05, 3.63) is 12.2 Å². The highest BCUT2D eigenvalue weighted by molar-refractivity contribution is 5.71. The summed E-state index contributed by atoms with van der Waals surface area (Å²) in [5.41, 5.74) is 0. The van der Waals surface area contributed by atoms with Crippen molar-refractivity contribution in [2.45, 2.75) is 341 Å². The summed E-state index contributed by atoms with van der Waals surface area (Å²) in [5, 5.41) is 0. The maximum absolute atomic E-state index is 12.8. The van der Waals surface area contributed by atoms with Gasteiger partial charge in [0.2, 0.25) is 0 Å². The second-order valence-corrected chi connectivity index (χ2v) is 20.3. The van der Waals surface area contributed by atoms with Crippen LogP contribution < -0.4 is 0 Å². The Morgan fingerprint density at radius 2 is 0.500 bits per heavy atom. The number of carbonyl (C=O) groups is 3. The molecule has 0 aromatic carbocycles. The summed E-state index contributed by atoms with van der Waals surface area (Å²) in [5.74, 6) is -0.855. The van der Waals surface area contributed by atoms with E-state index in [2.05, 4.69) is 32.9 Å². The topological polar surface area (TPSA) is 78.9 Å². The van der Waals surface area contributed by atoms with Crippen LogP contribution in [0, 0.1) is 0 Å². The van der Waals surface area contributed by atoms with Gasteiger partial charge in [0, 0.05) is 19.3 Å². The number of unbranched alkanes of at least 4 members (excludes halogenated alkanes) is 42.